The van der Waals surface area contributed by atoms with Crippen LogP contribution < -0.4 is 5.73 Å². The van der Waals surface area contributed by atoms with Gasteiger partial charge in [-0.3, -0.25) is 4.79 Å². The van der Waals surface area contributed by atoms with Gasteiger partial charge in [0, 0.05) is 10.6 Å². The van der Waals surface area contributed by atoms with Crippen molar-refractivity contribution < 1.29 is 9.53 Å². The number of ether oxygens (including phenoxy) is 1. The summed E-state index contributed by atoms with van der Waals surface area (Å²) in [5.74, 6) is -0.163. The van der Waals surface area contributed by atoms with Crippen molar-refractivity contribution in [3.63, 3.8) is 0 Å². The maximum absolute atomic E-state index is 11.5. The molecule has 1 aromatic carbocycles. The smallest absolute Gasteiger partial charge is 0.319 e. The molecule has 4 heteroatoms. The summed E-state index contributed by atoms with van der Waals surface area (Å²) >= 11 is 1.52. The maximum atomic E-state index is 11.5. The summed E-state index contributed by atoms with van der Waals surface area (Å²) in [6.45, 7) is 2.06. The van der Waals surface area contributed by atoms with E-state index in [2.05, 4.69) is 6.92 Å². The van der Waals surface area contributed by atoms with E-state index in [1.807, 2.05) is 24.3 Å². The zero-order valence-electron chi connectivity index (χ0n) is 9.60. The minimum atomic E-state index is -0.163. The topological polar surface area (TPSA) is 52.3 Å². The SMILES string of the molecule is C.CCCC(Sc1ccc(N)cc1)C(=O)OC. The Hall–Kier alpha value is -1.16. The predicted octanol–water partition coefficient (Wildman–Crippen LogP) is 3.34. The molecule has 1 rings (SSSR count). The fourth-order valence-corrected chi connectivity index (χ4v) is 2.50. The summed E-state index contributed by atoms with van der Waals surface area (Å²) in [6.07, 6.45) is 1.78. The predicted molar refractivity (Wildman–Crippen MR) is 74.2 cm³/mol. The first-order chi connectivity index (χ1) is 7.67. The van der Waals surface area contributed by atoms with Gasteiger partial charge in [-0.05, 0) is 30.7 Å². The van der Waals surface area contributed by atoms with E-state index in [1.54, 1.807) is 0 Å². The third-order valence-corrected chi connectivity index (χ3v) is 3.43. The van der Waals surface area contributed by atoms with Crippen molar-refractivity contribution in [1.29, 1.82) is 0 Å². The lowest BCUT2D eigenvalue weighted by Crippen LogP contribution is -2.18. The number of carbonyl (C=O) groups excluding carboxylic acids is 1. The van der Waals surface area contributed by atoms with E-state index in [4.69, 9.17) is 10.5 Å². The Bertz CT molecular complexity index is 338. The molecule has 0 bridgehead atoms. The van der Waals surface area contributed by atoms with Gasteiger partial charge in [0.2, 0.25) is 0 Å². The molecule has 0 saturated heterocycles. The summed E-state index contributed by atoms with van der Waals surface area (Å²) in [7, 11) is 1.43. The van der Waals surface area contributed by atoms with Crippen molar-refractivity contribution in [3.8, 4) is 0 Å². The van der Waals surface area contributed by atoms with Crippen LogP contribution in [0.3, 0.4) is 0 Å². The average molecular weight is 255 g/mol. The Kier molecular flexibility index (Phi) is 7.46. The maximum Gasteiger partial charge on any atom is 0.319 e. The van der Waals surface area contributed by atoms with Gasteiger partial charge < -0.3 is 10.5 Å². The molecule has 0 fully saturated rings. The van der Waals surface area contributed by atoms with Gasteiger partial charge in [0.25, 0.3) is 0 Å². The highest BCUT2D eigenvalue weighted by molar-refractivity contribution is 8.00. The molecule has 1 unspecified atom stereocenters. The third kappa shape index (κ3) is 5.13. The van der Waals surface area contributed by atoms with Crippen LogP contribution in [0.1, 0.15) is 27.2 Å². The van der Waals surface area contributed by atoms with Gasteiger partial charge in [0.05, 0.1) is 7.11 Å². The van der Waals surface area contributed by atoms with Crippen LogP contribution in [0.2, 0.25) is 0 Å². The van der Waals surface area contributed by atoms with Crippen molar-refractivity contribution in [3.05, 3.63) is 24.3 Å². The van der Waals surface area contributed by atoms with Crippen LogP contribution in [-0.2, 0) is 9.53 Å². The molecule has 2 N–H and O–H groups in total. The molecule has 1 atom stereocenters. The Morgan fingerprint density at radius 1 is 1.41 bits per heavy atom. The molecule has 0 amide bonds. The molecular weight excluding hydrogens is 234 g/mol. The third-order valence-electron chi connectivity index (χ3n) is 2.17. The monoisotopic (exact) mass is 255 g/mol. The van der Waals surface area contributed by atoms with Gasteiger partial charge >= 0.3 is 5.97 Å². The summed E-state index contributed by atoms with van der Waals surface area (Å²) in [6, 6.07) is 7.52. The highest BCUT2D eigenvalue weighted by Gasteiger charge is 2.19. The molecule has 0 saturated carbocycles. The minimum absolute atomic E-state index is 0. The average Bonchev–Trinajstić information content (AvgIpc) is 2.30. The molecule has 96 valence electrons. The lowest BCUT2D eigenvalue weighted by atomic mass is 10.2. The summed E-state index contributed by atoms with van der Waals surface area (Å²) in [4.78, 5) is 12.5. The highest BCUT2D eigenvalue weighted by atomic mass is 32.2. The first-order valence-corrected chi connectivity index (χ1v) is 6.15. The zero-order valence-corrected chi connectivity index (χ0v) is 10.4. The number of thioether (sulfide) groups is 1. The van der Waals surface area contributed by atoms with E-state index in [0.29, 0.717) is 0 Å². The molecule has 3 nitrogen and oxygen atoms in total. The van der Waals surface area contributed by atoms with Gasteiger partial charge in [0.1, 0.15) is 5.25 Å². The normalized spacial score (nSPS) is 11.4. The van der Waals surface area contributed by atoms with Crippen molar-refractivity contribution >= 4 is 23.4 Å². The first kappa shape index (κ1) is 15.8. The Morgan fingerprint density at radius 2 is 2.00 bits per heavy atom. The lowest BCUT2D eigenvalue weighted by molar-refractivity contribution is -0.140. The van der Waals surface area contributed by atoms with E-state index in [-0.39, 0.29) is 18.6 Å². The Labute approximate surface area is 108 Å². The van der Waals surface area contributed by atoms with E-state index < -0.39 is 0 Å². The second-order valence-corrected chi connectivity index (χ2v) is 4.76. The number of rotatable bonds is 5. The van der Waals surface area contributed by atoms with Crippen LogP contribution in [0.4, 0.5) is 5.69 Å². The van der Waals surface area contributed by atoms with Gasteiger partial charge in [-0.15, -0.1) is 11.8 Å². The molecule has 0 aliphatic heterocycles. The molecule has 0 aliphatic carbocycles. The first-order valence-electron chi connectivity index (χ1n) is 5.27. The van der Waals surface area contributed by atoms with Crippen LogP contribution in [0, 0.1) is 0 Å². The number of esters is 1. The van der Waals surface area contributed by atoms with Crippen molar-refractivity contribution in [2.75, 3.05) is 12.8 Å². The van der Waals surface area contributed by atoms with E-state index in [9.17, 15) is 4.79 Å². The number of carbonyl (C=O) groups is 1. The number of benzene rings is 1. The fraction of sp³-hybridized carbons (Fsp3) is 0.462. The largest absolute Gasteiger partial charge is 0.468 e. The molecule has 0 aromatic heterocycles. The van der Waals surface area contributed by atoms with Crippen LogP contribution in [0.25, 0.3) is 0 Å². The molecule has 1 aromatic rings. The minimum Gasteiger partial charge on any atom is -0.468 e. The van der Waals surface area contributed by atoms with E-state index in [1.165, 1.54) is 18.9 Å². The fourth-order valence-electron chi connectivity index (χ4n) is 1.33. The van der Waals surface area contributed by atoms with Gasteiger partial charge in [-0.25, -0.2) is 0 Å². The highest BCUT2D eigenvalue weighted by Crippen LogP contribution is 2.27. The zero-order chi connectivity index (χ0) is 12.0. The van der Waals surface area contributed by atoms with Crippen LogP contribution in [0.15, 0.2) is 29.2 Å². The van der Waals surface area contributed by atoms with Crippen molar-refractivity contribution in [1.82, 2.24) is 0 Å². The molecule has 0 spiro atoms. The van der Waals surface area contributed by atoms with Crippen molar-refractivity contribution in [2.45, 2.75) is 37.3 Å². The lowest BCUT2D eigenvalue weighted by Gasteiger charge is -2.13. The molecule has 0 radical (unpaired) electrons. The van der Waals surface area contributed by atoms with E-state index >= 15 is 0 Å². The Balaban J connectivity index is 0.00000256. The second kappa shape index (κ2) is 8.01. The number of anilines is 1. The second-order valence-electron chi connectivity index (χ2n) is 3.49. The number of hydrogen-bond donors (Lipinski definition) is 1. The van der Waals surface area contributed by atoms with Gasteiger partial charge in [-0.1, -0.05) is 20.8 Å². The summed E-state index contributed by atoms with van der Waals surface area (Å²) in [5.41, 5.74) is 6.33. The standard InChI is InChI=1S/C12H17NO2S.CH4/c1-3-4-11(12(14)15-2)16-10-7-5-9(13)6-8-10;/h5-8,11H,3-4,13H2,1-2H3;1H4. The molecule has 0 heterocycles. The number of hydrogen-bond acceptors (Lipinski definition) is 4. The van der Waals surface area contributed by atoms with Crippen LogP contribution in [0.5, 0.6) is 0 Å². The van der Waals surface area contributed by atoms with Crippen LogP contribution in [-0.4, -0.2) is 18.3 Å². The van der Waals surface area contributed by atoms with Crippen molar-refractivity contribution in [2.24, 2.45) is 0 Å². The number of nitrogen functional groups attached to an aromatic ring is 1. The van der Waals surface area contributed by atoms with Crippen LogP contribution >= 0.6 is 11.8 Å². The van der Waals surface area contributed by atoms with Gasteiger partial charge in [-0.2, -0.15) is 0 Å². The summed E-state index contributed by atoms with van der Waals surface area (Å²) in [5, 5.41) is -0.126. The quantitative estimate of drug-likeness (QED) is 0.498. The number of nitrogens with two attached hydrogens (primary N) is 1. The number of methoxy groups -OCH3 is 1. The molecule has 0 aliphatic rings. The molecule has 17 heavy (non-hydrogen) atoms. The van der Waals surface area contributed by atoms with E-state index in [0.717, 1.165) is 23.4 Å². The summed E-state index contributed by atoms with van der Waals surface area (Å²) < 4.78 is 4.78. The molecular formula is C13H21NO2S. The van der Waals surface area contributed by atoms with Gasteiger partial charge in [0.15, 0.2) is 0 Å². The Morgan fingerprint density at radius 3 is 2.47 bits per heavy atom.